The molecule has 4 nitrogen and oxygen atoms in total. The molecule has 1 aromatic heterocycles. The van der Waals surface area contributed by atoms with Crippen LogP contribution < -0.4 is 5.32 Å². The molecule has 1 heterocycles. The number of halogens is 1. The van der Waals surface area contributed by atoms with E-state index >= 15 is 0 Å². The van der Waals surface area contributed by atoms with Crippen molar-refractivity contribution in [1.82, 2.24) is 9.55 Å². The highest BCUT2D eigenvalue weighted by Crippen LogP contribution is 2.35. The summed E-state index contributed by atoms with van der Waals surface area (Å²) < 4.78 is 1.90. The molecule has 3 aromatic rings. The summed E-state index contributed by atoms with van der Waals surface area (Å²) in [5.41, 5.74) is 2.58. The maximum absolute atomic E-state index is 12.9. The van der Waals surface area contributed by atoms with Gasteiger partial charge < -0.3 is 9.88 Å². The Morgan fingerprint density at radius 1 is 1.24 bits per heavy atom. The summed E-state index contributed by atoms with van der Waals surface area (Å²) in [4.78, 5) is 17.3. The number of nitrogens with one attached hydrogen (secondary N) is 1. The van der Waals surface area contributed by atoms with Gasteiger partial charge in [-0.2, -0.15) is 0 Å². The highest BCUT2D eigenvalue weighted by molar-refractivity contribution is 8.00. The van der Waals surface area contributed by atoms with Gasteiger partial charge in [-0.1, -0.05) is 59.8 Å². The van der Waals surface area contributed by atoms with Gasteiger partial charge in [0.2, 0.25) is 5.91 Å². The maximum atomic E-state index is 12.9. The van der Waals surface area contributed by atoms with Crippen molar-refractivity contribution in [2.75, 3.05) is 5.32 Å². The second-order valence-electron chi connectivity index (χ2n) is 5.68. The van der Waals surface area contributed by atoms with E-state index in [4.69, 9.17) is 11.6 Å². The summed E-state index contributed by atoms with van der Waals surface area (Å²) in [6.07, 6.45) is 3.59. The first-order valence-electron chi connectivity index (χ1n) is 7.80. The Balaban J connectivity index is 1.86. The smallest absolute Gasteiger partial charge is 0.242 e. The number of nitrogens with zero attached hydrogens (tertiary/aromatic N) is 2. The lowest BCUT2D eigenvalue weighted by atomic mass is 10.1. The molecular formula is C19H18ClN3OS. The number of amides is 1. The average Bonchev–Trinajstić information content (AvgIpc) is 3.01. The zero-order chi connectivity index (χ0) is 17.8. The van der Waals surface area contributed by atoms with E-state index in [1.165, 1.54) is 11.8 Å². The molecule has 6 heteroatoms. The Kier molecular flexibility index (Phi) is 5.46. The molecule has 1 unspecified atom stereocenters. The molecule has 0 aliphatic heterocycles. The van der Waals surface area contributed by atoms with Crippen molar-refractivity contribution in [3.05, 3.63) is 77.1 Å². The minimum atomic E-state index is -0.414. The van der Waals surface area contributed by atoms with Gasteiger partial charge in [-0.05, 0) is 30.2 Å². The molecule has 1 amide bonds. The van der Waals surface area contributed by atoms with E-state index in [0.29, 0.717) is 10.7 Å². The summed E-state index contributed by atoms with van der Waals surface area (Å²) in [6.45, 7) is 1.93. The van der Waals surface area contributed by atoms with Gasteiger partial charge in [0.1, 0.15) is 5.25 Å². The predicted molar refractivity (Wildman–Crippen MR) is 103 cm³/mol. The predicted octanol–water partition coefficient (Wildman–Crippen LogP) is 4.85. The highest BCUT2D eigenvalue weighted by Gasteiger charge is 2.24. The minimum absolute atomic E-state index is 0.112. The summed E-state index contributed by atoms with van der Waals surface area (Å²) in [7, 11) is 1.91. The number of carbonyl (C=O) groups excluding carboxylic acids is 1. The number of hydrogen-bond acceptors (Lipinski definition) is 3. The lowest BCUT2D eigenvalue weighted by Gasteiger charge is -2.17. The quantitative estimate of drug-likeness (QED) is 0.652. The molecule has 0 aliphatic rings. The van der Waals surface area contributed by atoms with Crippen LogP contribution in [0.15, 0.2) is 66.1 Å². The Labute approximate surface area is 156 Å². The second kappa shape index (κ2) is 7.76. The van der Waals surface area contributed by atoms with Crippen molar-refractivity contribution >= 4 is 35.0 Å². The summed E-state index contributed by atoms with van der Waals surface area (Å²) >= 11 is 7.58. The van der Waals surface area contributed by atoms with Crippen LogP contribution in [0, 0.1) is 6.92 Å². The molecule has 0 fully saturated rings. The van der Waals surface area contributed by atoms with E-state index in [1.54, 1.807) is 12.3 Å². The monoisotopic (exact) mass is 371 g/mol. The summed E-state index contributed by atoms with van der Waals surface area (Å²) in [5.74, 6) is -0.112. The number of aromatic nitrogens is 2. The summed E-state index contributed by atoms with van der Waals surface area (Å²) in [5, 5.41) is 3.96. The van der Waals surface area contributed by atoms with E-state index in [-0.39, 0.29) is 5.91 Å². The molecule has 2 aromatic carbocycles. The van der Waals surface area contributed by atoms with E-state index in [0.717, 1.165) is 16.3 Å². The van der Waals surface area contributed by atoms with Crippen LogP contribution in [0.5, 0.6) is 0 Å². The second-order valence-corrected chi connectivity index (χ2v) is 7.16. The van der Waals surface area contributed by atoms with Crippen LogP contribution in [-0.2, 0) is 11.8 Å². The maximum Gasteiger partial charge on any atom is 0.242 e. The standard InChI is InChI=1S/C19H18ClN3OS/c1-13-8-9-15(12-16(13)20)22-18(24)17(14-6-4-3-5-7-14)25-19-21-10-11-23(19)2/h3-12,17H,1-2H3,(H,22,24). The molecular weight excluding hydrogens is 354 g/mol. The van der Waals surface area contributed by atoms with E-state index < -0.39 is 5.25 Å². The Morgan fingerprint density at radius 2 is 2.00 bits per heavy atom. The lowest BCUT2D eigenvalue weighted by molar-refractivity contribution is -0.115. The van der Waals surface area contributed by atoms with Crippen LogP contribution in [0.1, 0.15) is 16.4 Å². The molecule has 25 heavy (non-hydrogen) atoms. The van der Waals surface area contributed by atoms with Gasteiger partial charge >= 0.3 is 0 Å². The van der Waals surface area contributed by atoms with Crippen LogP contribution in [0.25, 0.3) is 0 Å². The molecule has 1 atom stereocenters. The zero-order valence-corrected chi connectivity index (χ0v) is 15.5. The van der Waals surface area contributed by atoms with Crippen LogP contribution in [-0.4, -0.2) is 15.5 Å². The van der Waals surface area contributed by atoms with Crippen molar-refractivity contribution in [1.29, 1.82) is 0 Å². The van der Waals surface area contributed by atoms with E-state index in [9.17, 15) is 4.79 Å². The zero-order valence-electron chi connectivity index (χ0n) is 13.9. The molecule has 0 bridgehead atoms. The normalized spacial score (nSPS) is 12.0. The molecule has 0 radical (unpaired) electrons. The van der Waals surface area contributed by atoms with Crippen LogP contribution in [0.2, 0.25) is 5.02 Å². The molecule has 0 saturated carbocycles. The Morgan fingerprint density at radius 3 is 2.64 bits per heavy atom. The third kappa shape index (κ3) is 4.24. The third-order valence-corrected chi connectivity index (χ3v) is 5.51. The van der Waals surface area contributed by atoms with Gasteiger partial charge in [0.05, 0.1) is 0 Å². The largest absolute Gasteiger partial charge is 0.329 e. The fraction of sp³-hybridized carbons (Fsp3) is 0.158. The lowest BCUT2D eigenvalue weighted by Crippen LogP contribution is -2.19. The third-order valence-electron chi connectivity index (χ3n) is 3.78. The summed E-state index contributed by atoms with van der Waals surface area (Å²) in [6, 6.07) is 15.2. The number of carbonyl (C=O) groups is 1. The highest BCUT2D eigenvalue weighted by atomic mass is 35.5. The van der Waals surface area contributed by atoms with E-state index in [2.05, 4.69) is 10.3 Å². The first kappa shape index (κ1) is 17.6. The SMILES string of the molecule is Cc1ccc(NC(=O)C(Sc2nccn2C)c2ccccc2)cc1Cl. The van der Waals surface area contributed by atoms with Crippen molar-refractivity contribution in [2.45, 2.75) is 17.3 Å². The fourth-order valence-corrected chi connectivity index (χ4v) is 3.55. The van der Waals surface area contributed by atoms with Gasteiger partial charge in [-0.25, -0.2) is 4.98 Å². The Hall–Kier alpha value is -2.24. The Bertz CT molecular complexity index is 879. The minimum Gasteiger partial charge on any atom is -0.329 e. The van der Waals surface area contributed by atoms with Crippen molar-refractivity contribution in [3.63, 3.8) is 0 Å². The van der Waals surface area contributed by atoms with Gasteiger partial charge in [0, 0.05) is 30.2 Å². The topological polar surface area (TPSA) is 46.9 Å². The molecule has 0 saturated heterocycles. The molecule has 0 aliphatic carbocycles. The number of hydrogen-bond donors (Lipinski definition) is 1. The number of rotatable bonds is 5. The fourth-order valence-electron chi connectivity index (χ4n) is 2.35. The van der Waals surface area contributed by atoms with Crippen molar-refractivity contribution in [3.8, 4) is 0 Å². The first-order valence-corrected chi connectivity index (χ1v) is 9.06. The molecule has 3 rings (SSSR count). The number of benzene rings is 2. The van der Waals surface area contributed by atoms with Gasteiger partial charge in [-0.15, -0.1) is 0 Å². The first-order chi connectivity index (χ1) is 12.0. The molecule has 1 N–H and O–H groups in total. The van der Waals surface area contributed by atoms with Gasteiger partial charge in [-0.3, -0.25) is 4.79 Å². The average molecular weight is 372 g/mol. The number of aryl methyl sites for hydroxylation is 2. The van der Waals surface area contributed by atoms with Crippen LogP contribution in [0.3, 0.4) is 0 Å². The van der Waals surface area contributed by atoms with Gasteiger partial charge in [0.15, 0.2) is 5.16 Å². The van der Waals surface area contributed by atoms with E-state index in [1.807, 2.05) is 67.2 Å². The van der Waals surface area contributed by atoms with Crippen LogP contribution >= 0.6 is 23.4 Å². The van der Waals surface area contributed by atoms with Gasteiger partial charge in [0.25, 0.3) is 0 Å². The van der Waals surface area contributed by atoms with Crippen molar-refractivity contribution < 1.29 is 4.79 Å². The van der Waals surface area contributed by atoms with Crippen LogP contribution in [0.4, 0.5) is 5.69 Å². The number of imidazole rings is 1. The molecule has 128 valence electrons. The number of anilines is 1. The molecule has 0 spiro atoms. The van der Waals surface area contributed by atoms with Crippen molar-refractivity contribution in [2.24, 2.45) is 7.05 Å². The number of thioether (sulfide) groups is 1.